The van der Waals surface area contributed by atoms with Crippen molar-refractivity contribution in [3.8, 4) is 0 Å². The first-order valence-corrected chi connectivity index (χ1v) is 6.52. The molecule has 1 aliphatic rings. The molecule has 2 aromatic rings. The van der Waals surface area contributed by atoms with Gasteiger partial charge in [-0.3, -0.25) is 0 Å². The van der Waals surface area contributed by atoms with Crippen LogP contribution in [0, 0.1) is 6.92 Å². The number of benzene rings is 1. The van der Waals surface area contributed by atoms with Gasteiger partial charge in [0.1, 0.15) is 5.82 Å². The Hall–Kier alpha value is -1.35. The first-order chi connectivity index (χ1) is 8.25. The molecule has 0 atom stereocenters. The van der Waals surface area contributed by atoms with E-state index in [-0.39, 0.29) is 0 Å². The van der Waals surface area contributed by atoms with Gasteiger partial charge >= 0.3 is 0 Å². The molecule has 0 radical (unpaired) electrons. The minimum Gasteiger partial charge on any atom is -0.326 e. The van der Waals surface area contributed by atoms with Gasteiger partial charge in [0.25, 0.3) is 0 Å². The van der Waals surface area contributed by atoms with E-state index in [0.29, 0.717) is 0 Å². The van der Waals surface area contributed by atoms with Gasteiger partial charge in [-0.1, -0.05) is 18.2 Å². The average Bonchev–Trinajstić information content (AvgIpc) is 2.76. The second-order valence-electron chi connectivity index (χ2n) is 4.32. The third-order valence-electron chi connectivity index (χ3n) is 3.20. The first kappa shape index (κ1) is 10.8. The molecule has 0 unspecified atom stereocenters. The highest BCUT2D eigenvalue weighted by atomic mass is 79.9. The van der Waals surface area contributed by atoms with Crippen LogP contribution in [0.5, 0.6) is 0 Å². The summed E-state index contributed by atoms with van der Waals surface area (Å²) in [6, 6.07) is 10.7. The molecule has 3 heteroatoms. The molecule has 1 aromatic carbocycles. The summed E-state index contributed by atoms with van der Waals surface area (Å²) < 4.78 is 1.06. The van der Waals surface area contributed by atoms with Crippen molar-refractivity contribution in [2.45, 2.75) is 13.3 Å². The maximum Gasteiger partial charge on any atom is 0.133 e. The van der Waals surface area contributed by atoms with Crippen molar-refractivity contribution in [3.63, 3.8) is 0 Å². The maximum absolute atomic E-state index is 4.50. The second-order valence-corrected chi connectivity index (χ2v) is 5.18. The van der Waals surface area contributed by atoms with E-state index in [0.717, 1.165) is 23.3 Å². The Morgan fingerprint density at radius 2 is 2.12 bits per heavy atom. The van der Waals surface area contributed by atoms with Gasteiger partial charge in [0.05, 0.1) is 0 Å². The van der Waals surface area contributed by atoms with Crippen molar-refractivity contribution in [3.05, 3.63) is 52.1 Å². The zero-order chi connectivity index (χ0) is 11.8. The molecule has 3 rings (SSSR count). The maximum atomic E-state index is 4.50. The van der Waals surface area contributed by atoms with Crippen LogP contribution >= 0.6 is 15.9 Å². The lowest BCUT2D eigenvalue weighted by Crippen LogP contribution is -2.14. The van der Waals surface area contributed by atoms with E-state index in [1.54, 1.807) is 0 Å². The van der Waals surface area contributed by atoms with E-state index in [4.69, 9.17) is 0 Å². The standard InChI is InChI=1S/C14H13BrN2/c1-10-8-14(16-9-12(10)15)17-7-6-11-4-2-3-5-13(11)17/h2-5,8-9H,6-7H2,1H3. The lowest BCUT2D eigenvalue weighted by atomic mass is 10.2. The van der Waals surface area contributed by atoms with Crippen molar-refractivity contribution in [1.29, 1.82) is 0 Å². The fourth-order valence-corrected chi connectivity index (χ4v) is 2.47. The summed E-state index contributed by atoms with van der Waals surface area (Å²) in [6.45, 7) is 3.12. The number of aromatic nitrogens is 1. The molecular formula is C14H13BrN2. The van der Waals surface area contributed by atoms with Crippen LogP contribution in [-0.2, 0) is 6.42 Å². The van der Waals surface area contributed by atoms with Gasteiger partial charge in [0, 0.05) is 22.9 Å². The molecule has 0 fully saturated rings. The van der Waals surface area contributed by atoms with Crippen molar-refractivity contribution >= 4 is 27.4 Å². The number of hydrogen-bond acceptors (Lipinski definition) is 2. The zero-order valence-electron chi connectivity index (χ0n) is 9.65. The molecule has 2 heterocycles. The molecule has 0 bridgehead atoms. The summed E-state index contributed by atoms with van der Waals surface area (Å²) >= 11 is 3.49. The smallest absolute Gasteiger partial charge is 0.133 e. The Balaban J connectivity index is 2.04. The molecule has 0 aliphatic carbocycles. The van der Waals surface area contributed by atoms with Gasteiger partial charge in [-0.05, 0) is 52.5 Å². The molecule has 2 nitrogen and oxygen atoms in total. The van der Waals surface area contributed by atoms with Crippen LogP contribution in [0.25, 0.3) is 0 Å². The van der Waals surface area contributed by atoms with Crippen LogP contribution in [0.15, 0.2) is 41.0 Å². The number of nitrogens with zero attached hydrogens (tertiary/aromatic N) is 2. The minimum absolute atomic E-state index is 1.02. The lowest BCUT2D eigenvalue weighted by molar-refractivity contribution is 0.971. The monoisotopic (exact) mass is 288 g/mol. The summed E-state index contributed by atoms with van der Waals surface area (Å²) in [5.41, 5.74) is 3.93. The summed E-state index contributed by atoms with van der Waals surface area (Å²) in [5.74, 6) is 1.04. The predicted molar refractivity (Wildman–Crippen MR) is 73.8 cm³/mol. The fraction of sp³-hybridized carbons (Fsp3) is 0.214. The number of anilines is 2. The summed E-state index contributed by atoms with van der Waals surface area (Å²) in [4.78, 5) is 6.79. The Morgan fingerprint density at radius 3 is 2.94 bits per heavy atom. The van der Waals surface area contributed by atoms with Crippen LogP contribution in [-0.4, -0.2) is 11.5 Å². The van der Waals surface area contributed by atoms with Crippen LogP contribution in [0.3, 0.4) is 0 Å². The molecule has 86 valence electrons. The minimum atomic E-state index is 1.02. The summed E-state index contributed by atoms with van der Waals surface area (Å²) in [5, 5.41) is 0. The molecule has 0 amide bonds. The molecule has 0 saturated heterocycles. The van der Waals surface area contributed by atoms with Gasteiger partial charge in [-0.25, -0.2) is 4.98 Å². The molecular weight excluding hydrogens is 276 g/mol. The van der Waals surface area contributed by atoms with E-state index >= 15 is 0 Å². The zero-order valence-corrected chi connectivity index (χ0v) is 11.2. The SMILES string of the molecule is Cc1cc(N2CCc3ccccc32)ncc1Br. The third kappa shape index (κ3) is 1.84. The highest BCUT2D eigenvalue weighted by Crippen LogP contribution is 2.34. The fourth-order valence-electron chi connectivity index (χ4n) is 2.25. The van der Waals surface area contributed by atoms with Gasteiger partial charge in [0.2, 0.25) is 0 Å². The number of fused-ring (bicyclic) bond motifs is 1. The molecule has 1 aromatic heterocycles. The van der Waals surface area contributed by atoms with E-state index in [1.165, 1.54) is 16.8 Å². The van der Waals surface area contributed by atoms with Crippen LogP contribution in [0.2, 0.25) is 0 Å². The predicted octanol–water partition coefficient (Wildman–Crippen LogP) is 3.85. The number of para-hydroxylation sites is 1. The lowest BCUT2D eigenvalue weighted by Gasteiger charge is -2.18. The molecule has 0 N–H and O–H groups in total. The summed E-state index contributed by atoms with van der Waals surface area (Å²) in [7, 11) is 0. The Kier molecular flexibility index (Phi) is 2.63. The number of pyridine rings is 1. The van der Waals surface area contributed by atoms with Gasteiger partial charge in [-0.2, -0.15) is 0 Å². The van der Waals surface area contributed by atoms with Crippen LogP contribution in [0.1, 0.15) is 11.1 Å². The molecule has 0 saturated carbocycles. The van der Waals surface area contributed by atoms with Crippen molar-refractivity contribution in [2.75, 3.05) is 11.4 Å². The Bertz CT molecular complexity index is 566. The van der Waals surface area contributed by atoms with Gasteiger partial charge in [-0.15, -0.1) is 0 Å². The first-order valence-electron chi connectivity index (χ1n) is 5.73. The van der Waals surface area contributed by atoms with Crippen molar-refractivity contribution in [1.82, 2.24) is 4.98 Å². The van der Waals surface area contributed by atoms with E-state index < -0.39 is 0 Å². The molecule has 1 aliphatic heterocycles. The number of rotatable bonds is 1. The number of hydrogen-bond donors (Lipinski definition) is 0. The summed E-state index contributed by atoms with van der Waals surface area (Å²) in [6.07, 6.45) is 2.98. The molecule has 0 spiro atoms. The average molecular weight is 289 g/mol. The topological polar surface area (TPSA) is 16.1 Å². The normalized spacial score (nSPS) is 13.9. The quantitative estimate of drug-likeness (QED) is 0.792. The van der Waals surface area contributed by atoms with Gasteiger partial charge < -0.3 is 4.90 Å². The molecule has 17 heavy (non-hydrogen) atoms. The van der Waals surface area contributed by atoms with Crippen molar-refractivity contribution < 1.29 is 0 Å². The van der Waals surface area contributed by atoms with E-state index in [9.17, 15) is 0 Å². The Labute approximate surface area is 109 Å². The largest absolute Gasteiger partial charge is 0.326 e. The van der Waals surface area contributed by atoms with Gasteiger partial charge in [0.15, 0.2) is 0 Å². The van der Waals surface area contributed by atoms with E-state index in [2.05, 4.69) is 63.1 Å². The number of aryl methyl sites for hydroxylation is 1. The second kappa shape index (κ2) is 4.15. The highest BCUT2D eigenvalue weighted by Gasteiger charge is 2.20. The van der Waals surface area contributed by atoms with Crippen LogP contribution < -0.4 is 4.90 Å². The Morgan fingerprint density at radius 1 is 1.29 bits per heavy atom. The third-order valence-corrected chi connectivity index (χ3v) is 4.03. The number of halogens is 1. The highest BCUT2D eigenvalue weighted by molar-refractivity contribution is 9.10. The van der Waals surface area contributed by atoms with Crippen molar-refractivity contribution in [2.24, 2.45) is 0 Å². The van der Waals surface area contributed by atoms with Crippen LogP contribution in [0.4, 0.5) is 11.5 Å². The van der Waals surface area contributed by atoms with E-state index in [1.807, 2.05) is 6.20 Å².